The molecule has 0 bridgehead atoms. The molecule has 6 heteroatoms. The minimum Gasteiger partial charge on any atom is -0.339 e. The van der Waals surface area contributed by atoms with Crippen molar-refractivity contribution >= 4 is 15.7 Å². The summed E-state index contributed by atoms with van der Waals surface area (Å²) in [5.74, 6) is 0.0209. The molecular formula is C20H30N2O3S. The molecule has 2 unspecified atom stereocenters. The topological polar surface area (TPSA) is 66.5 Å². The number of aryl methyl sites for hydroxylation is 1. The number of hydrogen-bond donors (Lipinski definition) is 1. The van der Waals surface area contributed by atoms with Crippen molar-refractivity contribution in [3.63, 3.8) is 0 Å². The minimum atomic E-state index is -3.35. The van der Waals surface area contributed by atoms with Gasteiger partial charge in [-0.2, -0.15) is 0 Å². The van der Waals surface area contributed by atoms with Crippen LogP contribution in [-0.2, 0) is 21.1 Å². The van der Waals surface area contributed by atoms with E-state index >= 15 is 0 Å². The van der Waals surface area contributed by atoms with Gasteiger partial charge in [-0.15, -0.1) is 0 Å². The van der Waals surface area contributed by atoms with E-state index in [2.05, 4.69) is 5.32 Å². The van der Waals surface area contributed by atoms with E-state index in [1.165, 1.54) is 0 Å². The quantitative estimate of drug-likeness (QED) is 0.822. The van der Waals surface area contributed by atoms with Crippen LogP contribution in [0.4, 0.5) is 0 Å². The normalized spacial score (nSPS) is 23.9. The van der Waals surface area contributed by atoms with Crippen LogP contribution < -0.4 is 5.32 Å². The van der Waals surface area contributed by atoms with Crippen molar-refractivity contribution in [2.75, 3.05) is 31.1 Å². The molecule has 2 heterocycles. The molecule has 5 nitrogen and oxygen atoms in total. The van der Waals surface area contributed by atoms with Crippen LogP contribution in [0.5, 0.6) is 0 Å². The van der Waals surface area contributed by atoms with Crippen molar-refractivity contribution in [2.24, 2.45) is 5.92 Å². The molecule has 1 amide bonds. The van der Waals surface area contributed by atoms with Gasteiger partial charge in [-0.05, 0) is 63.1 Å². The summed E-state index contributed by atoms with van der Waals surface area (Å²) >= 11 is 0. The zero-order valence-corrected chi connectivity index (χ0v) is 16.2. The van der Waals surface area contributed by atoms with E-state index in [4.69, 9.17) is 0 Å². The Morgan fingerprint density at radius 1 is 1.15 bits per heavy atom. The molecule has 0 spiro atoms. The molecule has 3 rings (SSSR count). The van der Waals surface area contributed by atoms with Gasteiger partial charge >= 0.3 is 0 Å². The van der Waals surface area contributed by atoms with Gasteiger partial charge in [0, 0.05) is 12.6 Å². The summed E-state index contributed by atoms with van der Waals surface area (Å²) in [5.41, 5.74) is 1.14. The summed E-state index contributed by atoms with van der Waals surface area (Å²) in [4.78, 5) is 14.6. The van der Waals surface area contributed by atoms with E-state index in [1.807, 2.05) is 35.2 Å². The lowest BCUT2D eigenvalue weighted by Crippen LogP contribution is -2.51. The molecule has 2 atom stereocenters. The molecule has 2 aliphatic heterocycles. The number of amides is 1. The molecular weight excluding hydrogens is 348 g/mol. The number of carbonyl (C=O) groups excluding carboxylic acids is 1. The molecule has 2 fully saturated rings. The SMILES string of the molecule is O=C(CS(=O)(=O)CCCc1ccccc1)N1CCCC2CNCCCC21. The van der Waals surface area contributed by atoms with Gasteiger partial charge in [-0.3, -0.25) is 4.79 Å². The first-order valence-corrected chi connectivity index (χ1v) is 11.6. The highest BCUT2D eigenvalue weighted by Gasteiger charge is 2.35. The number of piperidine rings is 1. The Kier molecular flexibility index (Phi) is 6.70. The van der Waals surface area contributed by atoms with E-state index in [-0.39, 0.29) is 23.5 Å². The Morgan fingerprint density at radius 3 is 2.77 bits per heavy atom. The van der Waals surface area contributed by atoms with Crippen molar-refractivity contribution in [1.29, 1.82) is 0 Å². The molecule has 0 saturated carbocycles. The smallest absolute Gasteiger partial charge is 0.238 e. The first-order chi connectivity index (χ1) is 12.6. The Hall–Kier alpha value is -1.40. The zero-order chi connectivity index (χ0) is 18.4. The van der Waals surface area contributed by atoms with Crippen molar-refractivity contribution in [3.8, 4) is 0 Å². The van der Waals surface area contributed by atoms with Gasteiger partial charge in [0.1, 0.15) is 5.75 Å². The number of fused-ring (bicyclic) bond motifs is 1. The summed E-state index contributed by atoms with van der Waals surface area (Å²) in [6.45, 7) is 2.64. The van der Waals surface area contributed by atoms with E-state index in [1.54, 1.807) is 0 Å². The number of rotatable bonds is 6. The van der Waals surface area contributed by atoms with E-state index in [0.717, 1.165) is 50.8 Å². The van der Waals surface area contributed by atoms with Crippen molar-refractivity contribution in [3.05, 3.63) is 35.9 Å². The van der Waals surface area contributed by atoms with Crippen LogP contribution in [0.2, 0.25) is 0 Å². The fourth-order valence-corrected chi connectivity index (χ4v) is 5.55. The summed E-state index contributed by atoms with van der Waals surface area (Å²) in [5, 5.41) is 3.44. The summed E-state index contributed by atoms with van der Waals surface area (Å²) in [6.07, 6.45) is 5.43. The lowest BCUT2D eigenvalue weighted by Gasteiger charge is -2.40. The van der Waals surface area contributed by atoms with Gasteiger partial charge in [-0.1, -0.05) is 30.3 Å². The predicted octanol–water partition coefficient (Wildman–Crippen LogP) is 2.02. The summed E-state index contributed by atoms with van der Waals surface area (Å²) < 4.78 is 24.9. The van der Waals surface area contributed by atoms with E-state index in [0.29, 0.717) is 18.9 Å². The lowest BCUT2D eigenvalue weighted by atomic mass is 9.87. The van der Waals surface area contributed by atoms with Crippen LogP contribution in [0.3, 0.4) is 0 Å². The first-order valence-electron chi connectivity index (χ1n) is 9.80. The molecule has 0 aliphatic carbocycles. The highest BCUT2D eigenvalue weighted by molar-refractivity contribution is 7.92. The maximum Gasteiger partial charge on any atom is 0.238 e. The number of benzene rings is 1. The maximum atomic E-state index is 12.7. The van der Waals surface area contributed by atoms with Gasteiger partial charge in [0.05, 0.1) is 5.75 Å². The second kappa shape index (κ2) is 9.00. The Labute approximate surface area is 157 Å². The number of carbonyl (C=O) groups is 1. The second-order valence-electron chi connectivity index (χ2n) is 7.58. The Balaban J connectivity index is 1.53. The van der Waals surface area contributed by atoms with E-state index < -0.39 is 9.84 Å². The van der Waals surface area contributed by atoms with Gasteiger partial charge in [0.15, 0.2) is 9.84 Å². The van der Waals surface area contributed by atoms with Crippen LogP contribution in [0, 0.1) is 5.92 Å². The number of sulfone groups is 1. The minimum absolute atomic E-state index is 0.0805. The molecule has 2 saturated heterocycles. The molecule has 144 valence electrons. The van der Waals surface area contributed by atoms with Gasteiger partial charge in [-0.25, -0.2) is 8.42 Å². The van der Waals surface area contributed by atoms with Crippen molar-refractivity contribution in [1.82, 2.24) is 10.2 Å². The first kappa shape index (κ1) is 19.4. The highest BCUT2D eigenvalue weighted by atomic mass is 32.2. The largest absolute Gasteiger partial charge is 0.339 e. The Bertz CT molecular complexity index is 690. The summed E-state index contributed by atoms with van der Waals surface area (Å²) in [7, 11) is -3.35. The van der Waals surface area contributed by atoms with Gasteiger partial charge in [0.25, 0.3) is 0 Å². The summed E-state index contributed by atoms with van der Waals surface area (Å²) in [6, 6.07) is 10.1. The van der Waals surface area contributed by atoms with Crippen LogP contribution in [0.1, 0.15) is 37.7 Å². The zero-order valence-electron chi connectivity index (χ0n) is 15.4. The van der Waals surface area contributed by atoms with Gasteiger partial charge < -0.3 is 10.2 Å². The average molecular weight is 379 g/mol. The lowest BCUT2D eigenvalue weighted by molar-refractivity contribution is -0.133. The molecule has 1 aromatic carbocycles. The van der Waals surface area contributed by atoms with Crippen LogP contribution >= 0.6 is 0 Å². The fourth-order valence-electron chi connectivity index (χ4n) is 4.28. The third-order valence-corrected chi connectivity index (χ3v) is 7.20. The number of hydrogen-bond acceptors (Lipinski definition) is 4. The standard InChI is InChI=1S/C20H30N2O3S/c23-20(22-13-5-10-18-15-21-12-4-11-19(18)22)16-26(24,25)14-6-9-17-7-2-1-3-8-17/h1-3,7-8,18-19,21H,4-6,9-16H2. The van der Waals surface area contributed by atoms with Crippen LogP contribution in [0.25, 0.3) is 0 Å². The van der Waals surface area contributed by atoms with E-state index in [9.17, 15) is 13.2 Å². The number of nitrogens with zero attached hydrogens (tertiary/aromatic N) is 1. The number of likely N-dealkylation sites (tertiary alicyclic amines) is 1. The predicted molar refractivity (Wildman–Crippen MR) is 104 cm³/mol. The third-order valence-electron chi connectivity index (χ3n) is 5.61. The highest BCUT2D eigenvalue weighted by Crippen LogP contribution is 2.28. The fraction of sp³-hybridized carbons (Fsp3) is 0.650. The maximum absolute atomic E-state index is 12.7. The molecule has 26 heavy (non-hydrogen) atoms. The Morgan fingerprint density at radius 2 is 1.96 bits per heavy atom. The average Bonchev–Trinajstić information content (AvgIpc) is 2.87. The van der Waals surface area contributed by atoms with Crippen LogP contribution in [0.15, 0.2) is 30.3 Å². The van der Waals surface area contributed by atoms with Crippen LogP contribution in [-0.4, -0.2) is 56.4 Å². The van der Waals surface area contributed by atoms with Gasteiger partial charge in [0.2, 0.25) is 5.91 Å². The van der Waals surface area contributed by atoms with Crippen molar-refractivity contribution in [2.45, 2.75) is 44.6 Å². The molecule has 1 N–H and O–H groups in total. The van der Waals surface area contributed by atoms with Crippen molar-refractivity contribution < 1.29 is 13.2 Å². The monoisotopic (exact) mass is 378 g/mol. The molecule has 0 aromatic heterocycles. The molecule has 1 aromatic rings. The molecule has 2 aliphatic rings. The third kappa shape index (κ3) is 5.30. The second-order valence-corrected chi connectivity index (χ2v) is 9.77. The number of nitrogens with one attached hydrogen (secondary N) is 1. The molecule has 0 radical (unpaired) electrons.